The smallest absolute Gasteiger partial charge is 0.0591 e. The topological polar surface area (TPSA) is 139 Å². The summed E-state index contributed by atoms with van der Waals surface area (Å²) in [7, 11) is 3.15. The van der Waals surface area contributed by atoms with E-state index in [2.05, 4.69) is 27.9 Å². The van der Waals surface area contributed by atoms with E-state index >= 15 is 0 Å². The van der Waals surface area contributed by atoms with Gasteiger partial charge in [-0.05, 0) is 33.0 Å². The quantitative estimate of drug-likeness (QED) is 0.278. The van der Waals surface area contributed by atoms with Crippen LogP contribution in [0.3, 0.4) is 0 Å². The zero-order chi connectivity index (χ0) is 19.8. The van der Waals surface area contributed by atoms with E-state index in [0.29, 0.717) is 0 Å². The molecule has 3 fully saturated rings. The fourth-order valence-corrected chi connectivity index (χ4v) is 2.48. The summed E-state index contributed by atoms with van der Waals surface area (Å²) in [5.41, 5.74) is 0. The van der Waals surface area contributed by atoms with Gasteiger partial charge < -0.3 is 50.4 Å². The van der Waals surface area contributed by atoms with E-state index in [0.717, 1.165) is 46.5 Å². The fourth-order valence-electron chi connectivity index (χ4n) is 2.48. The summed E-state index contributed by atoms with van der Waals surface area (Å²) < 4.78 is 5.01. The van der Waals surface area contributed by atoms with Crippen LogP contribution in [-0.4, -0.2) is 89.7 Å². The van der Waals surface area contributed by atoms with Crippen LogP contribution in [0.25, 0.3) is 0 Å². The maximum Gasteiger partial charge on any atom is 0.0591 e. The molecule has 0 unspecified atom stereocenters. The summed E-state index contributed by atoms with van der Waals surface area (Å²) in [6.45, 7) is 11.1. The van der Waals surface area contributed by atoms with Gasteiger partial charge in [0.15, 0.2) is 0 Å². The van der Waals surface area contributed by atoms with Crippen LogP contribution in [0.4, 0.5) is 0 Å². The minimum Gasteiger partial charge on any atom is -0.400 e. The van der Waals surface area contributed by atoms with E-state index in [9.17, 15) is 0 Å². The number of aliphatic hydroxyl groups is 1. The van der Waals surface area contributed by atoms with Crippen molar-refractivity contribution in [2.24, 2.45) is 0 Å². The Morgan fingerprint density at radius 3 is 1.16 bits per heavy atom. The molecule has 193 valence electrons. The van der Waals surface area contributed by atoms with Gasteiger partial charge >= 0.3 is 0 Å². The third-order valence-electron chi connectivity index (χ3n) is 4.06. The Kier molecular flexibility index (Phi) is 58.7. The first kappa shape index (κ1) is 45.5. The van der Waals surface area contributed by atoms with Gasteiger partial charge in [0.25, 0.3) is 0 Å². The number of hydrogen-bond acceptors (Lipinski definition) is 8. The van der Waals surface area contributed by atoms with Crippen LogP contribution >= 0.6 is 0 Å². The number of nitrogens with one attached hydrogen (secondary N) is 3. The second kappa shape index (κ2) is 41.3. The van der Waals surface area contributed by atoms with Crippen molar-refractivity contribution >= 4 is 0 Å². The summed E-state index contributed by atoms with van der Waals surface area (Å²) in [6, 6.07) is 12.0. The number of likely N-dealkylation sites (N-methyl/N-ethyl adjacent to an activating group) is 1. The van der Waals surface area contributed by atoms with E-state index in [1.54, 1.807) is 0 Å². The minimum atomic E-state index is 0. The molecule has 0 saturated carbocycles. The average molecular weight is 537 g/mol. The van der Waals surface area contributed by atoms with Crippen molar-refractivity contribution in [1.29, 1.82) is 0 Å². The van der Waals surface area contributed by atoms with Crippen molar-refractivity contribution in [3.8, 4) is 0 Å². The van der Waals surface area contributed by atoms with Gasteiger partial charge in [0.05, 0.1) is 13.2 Å². The third-order valence-corrected chi connectivity index (χ3v) is 4.06. The zero-order valence-electron chi connectivity index (χ0n) is 20.5. The molecule has 4 rings (SSSR count). The summed E-state index contributed by atoms with van der Waals surface area (Å²) in [4.78, 5) is 2.33. The van der Waals surface area contributed by atoms with Crippen LogP contribution in [0.2, 0.25) is 0 Å². The number of morpholine rings is 1. The first-order valence-electron chi connectivity index (χ1n) is 10.2. The molecule has 3 aliphatic rings. The minimum absolute atomic E-state index is 0. The molecule has 1 aromatic carbocycles. The largest absolute Gasteiger partial charge is 0.400 e. The van der Waals surface area contributed by atoms with Gasteiger partial charge in [0.1, 0.15) is 0 Å². The molecular weight excluding hydrogens is 481 g/mol. The van der Waals surface area contributed by atoms with Gasteiger partial charge in [-0.15, -0.1) is 0 Å². The number of piperidine rings is 1. The van der Waals surface area contributed by atoms with Gasteiger partial charge in [-0.3, -0.25) is 0 Å². The Bertz CT molecular complexity index is 305. The van der Waals surface area contributed by atoms with E-state index in [4.69, 9.17) is 9.84 Å². The maximum atomic E-state index is 7.00. The molecule has 0 atom stereocenters. The Morgan fingerprint density at radius 2 is 1.00 bits per heavy atom. The molecule has 1 radical (unpaired) electrons. The molecule has 10 N–H and O–H groups in total. The molecule has 8 nitrogen and oxygen atoms in total. The number of hydrogen-bond donors (Lipinski definition) is 6. The van der Waals surface area contributed by atoms with Gasteiger partial charge in [0.2, 0.25) is 0 Å². The Hall–Kier alpha value is 0.00390. The van der Waals surface area contributed by atoms with Gasteiger partial charge in [0, 0.05) is 79.1 Å². The van der Waals surface area contributed by atoms with Crippen LogP contribution < -0.4 is 28.3 Å². The summed E-state index contributed by atoms with van der Waals surface area (Å²) in [6.07, 6.45) is 4.22. The molecule has 9 heteroatoms. The molecule has 0 amide bonds. The maximum absolute atomic E-state index is 7.00. The van der Waals surface area contributed by atoms with E-state index in [1.807, 2.05) is 36.4 Å². The van der Waals surface area contributed by atoms with Crippen molar-refractivity contribution in [2.75, 3.05) is 79.7 Å². The van der Waals surface area contributed by atoms with Crippen molar-refractivity contribution in [2.45, 2.75) is 26.7 Å². The molecule has 3 heterocycles. The second-order valence-electron chi connectivity index (χ2n) is 6.38. The van der Waals surface area contributed by atoms with Crippen molar-refractivity contribution in [3.63, 3.8) is 0 Å². The van der Waals surface area contributed by atoms with Gasteiger partial charge in [-0.25, -0.2) is 0 Å². The predicted molar refractivity (Wildman–Crippen MR) is 139 cm³/mol. The third kappa shape index (κ3) is 37.3. The fraction of sp³-hybridized carbons (Fsp3) is 0.696. The summed E-state index contributed by atoms with van der Waals surface area (Å²) in [5, 5.41) is 16.7. The SMILES string of the molecule is C.C1CCNCC1.C1COCCN1.CN1CCNCC1.CO.N.N.[CH3-].[Y].c1ccccc1. The number of ether oxygens (including phenoxy) is 1. The van der Waals surface area contributed by atoms with Gasteiger partial charge in [-0.2, -0.15) is 0 Å². The normalized spacial score (nSPS) is 16.2. The van der Waals surface area contributed by atoms with E-state index < -0.39 is 0 Å². The summed E-state index contributed by atoms with van der Waals surface area (Å²) >= 11 is 0. The van der Waals surface area contributed by atoms with Crippen molar-refractivity contribution in [3.05, 3.63) is 43.8 Å². The molecule has 3 saturated heterocycles. The number of piperazine rings is 1. The molecule has 32 heavy (non-hydrogen) atoms. The van der Waals surface area contributed by atoms with Crippen LogP contribution in [-0.2, 0) is 37.4 Å². The van der Waals surface area contributed by atoms with Crippen LogP contribution in [0.5, 0.6) is 0 Å². The average Bonchev–Trinajstić information content (AvgIpc) is 2.81. The number of nitrogens with zero attached hydrogens (tertiary/aromatic N) is 1. The molecule has 1 aromatic rings. The van der Waals surface area contributed by atoms with Crippen molar-refractivity contribution < 1.29 is 42.6 Å². The van der Waals surface area contributed by atoms with Crippen LogP contribution in [0.1, 0.15) is 26.7 Å². The Balaban J connectivity index is -0.0000000654. The molecule has 0 spiro atoms. The number of rotatable bonds is 0. The Morgan fingerprint density at radius 1 is 0.656 bits per heavy atom. The first-order valence-corrected chi connectivity index (χ1v) is 10.2. The number of benzene rings is 1. The predicted octanol–water partition coefficient (Wildman–Crippen LogP) is 2.59. The molecule has 3 aliphatic heterocycles. The van der Waals surface area contributed by atoms with Crippen LogP contribution in [0, 0.1) is 7.43 Å². The molecule has 0 bridgehead atoms. The molecule has 0 aromatic heterocycles. The summed E-state index contributed by atoms with van der Waals surface area (Å²) in [5.74, 6) is 0. The van der Waals surface area contributed by atoms with Crippen LogP contribution in [0.15, 0.2) is 36.4 Å². The number of aliphatic hydroxyl groups excluding tert-OH is 1. The van der Waals surface area contributed by atoms with E-state index in [-0.39, 0.29) is 59.9 Å². The standard InChI is InChI=1S/C6H6.C5H12N2.C5H11N.C4H9NO.CH4O.CH4.CH3.2H3N.Y/c1-2-4-6-5-3-1;1-7-4-2-6-3-5-7;1-2-4-6-5-3-1;1-3-6-4-2-5-1;1-2;;;;;/h1-6H;6H,2-5H2,1H3;6H,1-5H2;5H,1-4H2;2H,1H3;1H4;3*1H3;/q;;;;;;-1;;;. The molecular formula is C23H55N6O2Y-. The zero-order valence-corrected chi connectivity index (χ0v) is 23.3. The molecule has 0 aliphatic carbocycles. The van der Waals surface area contributed by atoms with Gasteiger partial charge in [-0.1, -0.05) is 50.2 Å². The van der Waals surface area contributed by atoms with Crippen molar-refractivity contribution in [1.82, 2.24) is 33.2 Å². The first-order chi connectivity index (χ1) is 13.4. The van der Waals surface area contributed by atoms with E-state index in [1.165, 1.54) is 45.4 Å². The second-order valence-corrected chi connectivity index (χ2v) is 6.38. The monoisotopic (exact) mass is 536 g/mol. The Labute approximate surface area is 225 Å².